The van der Waals surface area contributed by atoms with E-state index in [9.17, 15) is 0 Å². The normalized spacial score (nSPS) is 15.7. The zero-order valence-corrected chi connectivity index (χ0v) is 13.3. The highest BCUT2D eigenvalue weighted by Crippen LogP contribution is 2.31. The van der Waals surface area contributed by atoms with Crippen molar-refractivity contribution in [3.05, 3.63) is 16.9 Å². The maximum Gasteiger partial charge on any atom is 0.178 e. The lowest BCUT2D eigenvalue weighted by Gasteiger charge is -2.15. The number of ether oxygens (including phenoxy) is 2. The number of benzene rings is 1. The van der Waals surface area contributed by atoms with Crippen molar-refractivity contribution >= 4 is 23.3 Å². The quantitative estimate of drug-likeness (QED) is 0.863. The number of aromatic amines is 1. The fourth-order valence-corrected chi connectivity index (χ4v) is 3.25. The van der Waals surface area contributed by atoms with E-state index < -0.39 is 0 Å². The number of H-pyrrole nitrogens is 1. The molecule has 0 bridgehead atoms. The molecule has 2 aromatic rings. The Balaban J connectivity index is 1.93. The number of rotatable bonds is 5. The summed E-state index contributed by atoms with van der Waals surface area (Å²) in [5.74, 6) is 1.45. The fraction of sp³-hybridized carbons (Fsp3) is 0.533. The average molecular weight is 307 g/mol. The van der Waals surface area contributed by atoms with Crippen molar-refractivity contribution in [1.82, 2.24) is 14.5 Å². The summed E-state index contributed by atoms with van der Waals surface area (Å²) >= 11 is 5.46. The minimum Gasteiger partial charge on any atom is -0.493 e. The lowest BCUT2D eigenvalue weighted by Crippen LogP contribution is -2.24. The van der Waals surface area contributed by atoms with Gasteiger partial charge < -0.3 is 23.9 Å². The minimum atomic E-state index is 0.716. The molecule has 5 nitrogen and oxygen atoms in total. The van der Waals surface area contributed by atoms with E-state index in [2.05, 4.69) is 14.5 Å². The lowest BCUT2D eigenvalue weighted by atomic mass is 10.2. The second-order valence-electron chi connectivity index (χ2n) is 5.35. The van der Waals surface area contributed by atoms with Crippen molar-refractivity contribution in [2.45, 2.75) is 19.4 Å². The third kappa shape index (κ3) is 2.78. The Morgan fingerprint density at radius 3 is 2.43 bits per heavy atom. The van der Waals surface area contributed by atoms with Crippen LogP contribution in [-0.2, 0) is 6.54 Å². The van der Waals surface area contributed by atoms with Gasteiger partial charge in [-0.25, -0.2) is 0 Å². The number of nitrogens with one attached hydrogen (secondary N) is 1. The van der Waals surface area contributed by atoms with Gasteiger partial charge in [0.1, 0.15) is 0 Å². The highest BCUT2D eigenvalue weighted by molar-refractivity contribution is 7.71. The molecule has 1 aromatic heterocycles. The molecule has 0 unspecified atom stereocenters. The highest BCUT2D eigenvalue weighted by Gasteiger charge is 2.14. The Labute approximate surface area is 129 Å². The van der Waals surface area contributed by atoms with Gasteiger partial charge in [-0.1, -0.05) is 0 Å². The summed E-state index contributed by atoms with van der Waals surface area (Å²) in [4.78, 5) is 5.74. The molecule has 6 heteroatoms. The molecule has 1 aliphatic rings. The number of hydrogen-bond donors (Lipinski definition) is 1. The van der Waals surface area contributed by atoms with Crippen molar-refractivity contribution in [3.8, 4) is 11.5 Å². The van der Waals surface area contributed by atoms with Crippen LogP contribution >= 0.6 is 12.2 Å². The molecule has 0 spiro atoms. The van der Waals surface area contributed by atoms with Crippen LogP contribution in [0.15, 0.2) is 12.1 Å². The van der Waals surface area contributed by atoms with E-state index >= 15 is 0 Å². The van der Waals surface area contributed by atoms with Crippen molar-refractivity contribution in [2.75, 3.05) is 33.9 Å². The predicted octanol–water partition coefficient (Wildman–Crippen LogP) is 2.81. The second kappa shape index (κ2) is 6.07. The molecule has 0 amide bonds. The van der Waals surface area contributed by atoms with Crippen LogP contribution in [0.2, 0.25) is 0 Å². The smallest absolute Gasteiger partial charge is 0.178 e. The number of methoxy groups -OCH3 is 2. The third-order valence-electron chi connectivity index (χ3n) is 4.12. The summed E-state index contributed by atoms with van der Waals surface area (Å²) in [6.07, 6.45) is 2.62. The Hall–Kier alpha value is -1.53. The van der Waals surface area contributed by atoms with Crippen LogP contribution in [0.1, 0.15) is 12.8 Å². The molecule has 1 aromatic carbocycles. The van der Waals surface area contributed by atoms with E-state index in [0.29, 0.717) is 5.75 Å². The van der Waals surface area contributed by atoms with Crippen LogP contribution < -0.4 is 9.47 Å². The largest absolute Gasteiger partial charge is 0.493 e. The van der Waals surface area contributed by atoms with Gasteiger partial charge in [-0.05, 0) is 38.1 Å². The maximum atomic E-state index is 5.46. The number of hydrogen-bond acceptors (Lipinski definition) is 4. The average Bonchev–Trinajstić information content (AvgIpc) is 3.10. The molecule has 2 heterocycles. The van der Waals surface area contributed by atoms with E-state index in [1.54, 1.807) is 14.2 Å². The minimum absolute atomic E-state index is 0.716. The Morgan fingerprint density at radius 2 is 1.76 bits per heavy atom. The van der Waals surface area contributed by atoms with E-state index in [0.717, 1.165) is 34.6 Å². The first-order valence-electron chi connectivity index (χ1n) is 7.30. The topological polar surface area (TPSA) is 42.4 Å². The Kier molecular flexibility index (Phi) is 4.17. The summed E-state index contributed by atoms with van der Waals surface area (Å²) in [6.45, 7) is 4.34. The molecule has 0 saturated carbocycles. The molecule has 114 valence electrons. The summed E-state index contributed by atoms with van der Waals surface area (Å²) in [6, 6.07) is 3.93. The Bertz CT molecular complexity index is 686. The van der Waals surface area contributed by atoms with Gasteiger partial charge in [0.15, 0.2) is 16.3 Å². The van der Waals surface area contributed by atoms with Crippen molar-refractivity contribution in [1.29, 1.82) is 0 Å². The van der Waals surface area contributed by atoms with E-state index in [1.165, 1.54) is 25.9 Å². The van der Waals surface area contributed by atoms with E-state index in [4.69, 9.17) is 21.7 Å². The molecule has 0 atom stereocenters. The zero-order chi connectivity index (χ0) is 14.8. The summed E-state index contributed by atoms with van der Waals surface area (Å²) in [5, 5.41) is 0. The van der Waals surface area contributed by atoms with Gasteiger partial charge in [0.05, 0.1) is 25.3 Å². The second-order valence-corrected chi connectivity index (χ2v) is 5.74. The number of likely N-dealkylation sites (tertiary alicyclic amines) is 1. The van der Waals surface area contributed by atoms with Gasteiger partial charge >= 0.3 is 0 Å². The molecule has 21 heavy (non-hydrogen) atoms. The molecule has 1 aliphatic heterocycles. The molecular weight excluding hydrogens is 286 g/mol. The van der Waals surface area contributed by atoms with Gasteiger partial charge in [0, 0.05) is 25.2 Å². The summed E-state index contributed by atoms with van der Waals surface area (Å²) in [5.41, 5.74) is 2.05. The number of imidazole rings is 1. The van der Waals surface area contributed by atoms with E-state index in [1.807, 2.05) is 12.1 Å². The molecular formula is C15H21N3O2S. The van der Waals surface area contributed by atoms with E-state index in [-0.39, 0.29) is 0 Å². The lowest BCUT2D eigenvalue weighted by molar-refractivity contribution is 0.323. The van der Waals surface area contributed by atoms with Gasteiger partial charge in [-0.15, -0.1) is 0 Å². The van der Waals surface area contributed by atoms with Crippen molar-refractivity contribution in [3.63, 3.8) is 0 Å². The zero-order valence-electron chi connectivity index (χ0n) is 12.5. The molecule has 1 N–H and O–H groups in total. The van der Waals surface area contributed by atoms with Gasteiger partial charge in [-0.2, -0.15) is 0 Å². The first-order valence-corrected chi connectivity index (χ1v) is 7.70. The van der Waals surface area contributed by atoms with Crippen LogP contribution in [0.3, 0.4) is 0 Å². The van der Waals surface area contributed by atoms with Gasteiger partial charge in [0.2, 0.25) is 0 Å². The third-order valence-corrected chi connectivity index (χ3v) is 4.44. The molecule has 0 aliphatic carbocycles. The van der Waals surface area contributed by atoms with Crippen LogP contribution in [0.5, 0.6) is 11.5 Å². The predicted molar refractivity (Wildman–Crippen MR) is 85.9 cm³/mol. The van der Waals surface area contributed by atoms with Crippen LogP contribution in [-0.4, -0.2) is 48.3 Å². The molecule has 0 radical (unpaired) electrons. The molecule has 3 rings (SSSR count). The molecule has 1 saturated heterocycles. The number of aromatic nitrogens is 2. The number of fused-ring (bicyclic) bond motifs is 1. The highest BCUT2D eigenvalue weighted by atomic mass is 32.1. The van der Waals surface area contributed by atoms with Crippen LogP contribution in [0, 0.1) is 4.77 Å². The van der Waals surface area contributed by atoms with Crippen molar-refractivity contribution in [2.24, 2.45) is 0 Å². The summed E-state index contributed by atoms with van der Waals surface area (Å²) in [7, 11) is 3.29. The fourth-order valence-electron chi connectivity index (χ4n) is 2.95. The molecule has 1 fully saturated rings. The first-order chi connectivity index (χ1) is 10.2. The monoisotopic (exact) mass is 307 g/mol. The summed E-state index contributed by atoms with van der Waals surface area (Å²) < 4.78 is 13.6. The Morgan fingerprint density at radius 1 is 1.10 bits per heavy atom. The SMILES string of the molecule is COc1cc2[nH]c(=S)n(CCN3CCCC3)c2cc1OC. The van der Waals surface area contributed by atoms with Gasteiger partial charge in [-0.3, -0.25) is 0 Å². The van der Waals surface area contributed by atoms with Crippen LogP contribution in [0.4, 0.5) is 0 Å². The maximum absolute atomic E-state index is 5.46. The van der Waals surface area contributed by atoms with Crippen LogP contribution in [0.25, 0.3) is 11.0 Å². The number of nitrogens with zero attached hydrogens (tertiary/aromatic N) is 2. The van der Waals surface area contributed by atoms with Gasteiger partial charge in [0.25, 0.3) is 0 Å². The first kappa shape index (κ1) is 14.4. The van der Waals surface area contributed by atoms with Crippen molar-refractivity contribution < 1.29 is 9.47 Å². The standard InChI is InChI=1S/C15H21N3O2S/c1-19-13-9-11-12(10-14(13)20-2)18(15(21)16-11)8-7-17-5-3-4-6-17/h9-10H,3-8H2,1-2H3,(H,16,21).